The molecule has 0 saturated carbocycles. The SMILES string of the molecule is O=C(CCSC(=S)N1CCN(c2ncccn2)CC1)Nc1cccc(NC(=O)c2ccccn2)c1. The zero-order valence-corrected chi connectivity index (χ0v) is 20.6. The van der Waals surface area contributed by atoms with Crippen LogP contribution >= 0.6 is 24.0 Å². The molecule has 9 nitrogen and oxygen atoms in total. The van der Waals surface area contributed by atoms with Crippen molar-refractivity contribution in [1.29, 1.82) is 0 Å². The minimum Gasteiger partial charge on any atom is -0.354 e. The van der Waals surface area contributed by atoms with Gasteiger partial charge < -0.3 is 20.4 Å². The molecule has 2 amide bonds. The first-order valence-electron chi connectivity index (χ1n) is 11.1. The summed E-state index contributed by atoms with van der Waals surface area (Å²) in [5, 5.41) is 5.67. The van der Waals surface area contributed by atoms with Gasteiger partial charge in [-0.1, -0.05) is 36.1 Å². The van der Waals surface area contributed by atoms with E-state index in [1.807, 2.05) is 0 Å². The van der Waals surface area contributed by atoms with Gasteiger partial charge in [0.05, 0.1) is 0 Å². The van der Waals surface area contributed by atoms with Crippen LogP contribution in [0.25, 0.3) is 0 Å². The molecule has 0 aliphatic carbocycles. The number of carbonyl (C=O) groups excluding carboxylic acids is 2. The number of benzene rings is 1. The van der Waals surface area contributed by atoms with Gasteiger partial charge in [-0.3, -0.25) is 14.6 Å². The van der Waals surface area contributed by atoms with Crippen LogP contribution < -0.4 is 15.5 Å². The number of rotatable bonds is 7. The molecular weight excluding hydrogens is 482 g/mol. The maximum atomic E-state index is 12.4. The summed E-state index contributed by atoms with van der Waals surface area (Å²) >= 11 is 7.08. The molecule has 1 saturated heterocycles. The molecule has 0 bridgehead atoms. The number of thioether (sulfide) groups is 1. The molecule has 11 heteroatoms. The highest BCUT2D eigenvalue weighted by atomic mass is 32.2. The largest absolute Gasteiger partial charge is 0.354 e. The molecule has 4 rings (SSSR count). The molecular formula is C24H25N7O2S2. The second kappa shape index (κ2) is 12.2. The van der Waals surface area contributed by atoms with E-state index in [1.165, 1.54) is 11.8 Å². The van der Waals surface area contributed by atoms with Gasteiger partial charge in [0.1, 0.15) is 10.0 Å². The standard InChI is InChI=1S/C24H25N7O2S2/c32-21(28-18-5-3-6-19(17-18)29-22(33)20-7-1-2-9-25-20)8-16-35-24(34)31-14-12-30(13-15-31)23-26-10-4-11-27-23/h1-7,9-11,17H,8,12-16H2,(H,28,32)(H,29,33). The summed E-state index contributed by atoms with van der Waals surface area (Å²) in [7, 11) is 0. The van der Waals surface area contributed by atoms with Crippen LogP contribution in [0.1, 0.15) is 16.9 Å². The van der Waals surface area contributed by atoms with Crippen LogP contribution in [0.3, 0.4) is 0 Å². The molecule has 0 spiro atoms. The Morgan fingerprint density at radius 2 is 1.60 bits per heavy atom. The van der Waals surface area contributed by atoms with Gasteiger partial charge in [-0.05, 0) is 36.4 Å². The first kappa shape index (κ1) is 24.6. The number of nitrogens with zero attached hydrogens (tertiary/aromatic N) is 5. The topological polar surface area (TPSA) is 103 Å². The van der Waals surface area contributed by atoms with Crippen LogP contribution in [0.15, 0.2) is 67.1 Å². The minimum absolute atomic E-state index is 0.112. The molecule has 3 heterocycles. The summed E-state index contributed by atoms with van der Waals surface area (Å²) in [6.45, 7) is 3.21. The number of carbonyl (C=O) groups is 2. The third-order valence-corrected chi connectivity index (χ3v) is 6.75. The minimum atomic E-state index is -0.309. The lowest BCUT2D eigenvalue weighted by atomic mass is 10.2. The molecule has 3 aromatic rings. The molecule has 1 aromatic carbocycles. The van der Waals surface area contributed by atoms with Gasteiger partial charge in [0, 0.05) is 68.3 Å². The van der Waals surface area contributed by atoms with Gasteiger partial charge in [-0.2, -0.15) is 0 Å². The number of amides is 2. The van der Waals surface area contributed by atoms with Crippen LogP contribution in [-0.2, 0) is 4.79 Å². The van der Waals surface area contributed by atoms with Crippen molar-refractivity contribution >= 4 is 57.4 Å². The van der Waals surface area contributed by atoms with Gasteiger partial charge in [0.25, 0.3) is 5.91 Å². The van der Waals surface area contributed by atoms with Crippen LogP contribution in [-0.4, -0.2) is 67.9 Å². The number of aromatic nitrogens is 3. The third-order valence-electron chi connectivity index (χ3n) is 5.23. The number of anilines is 3. The number of hydrogen-bond acceptors (Lipinski definition) is 8. The lowest BCUT2D eigenvalue weighted by Gasteiger charge is -2.35. The van der Waals surface area contributed by atoms with Crippen LogP contribution in [0.4, 0.5) is 17.3 Å². The van der Waals surface area contributed by atoms with Crippen molar-refractivity contribution in [2.45, 2.75) is 6.42 Å². The Bertz CT molecular complexity index is 1160. The Kier molecular flexibility index (Phi) is 8.58. The summed E-state index contributed by atoms with van der Waals surface area (Å²) in [6.07, 6.45) is 5.38. The summed E-state index contributed by atoms with van der Waals surface area (Å²) < 4.78 is 0.797. The molecule has 0 radical (unpaired) electrons. The van der Waals surface area contributed by atoms with Crippen molar-refractivity contribution < 1.29 is 9.59 Å². The Labute approximate surface area is 213 Å². The van der Waals surface area contributed by atoms with Crippen LogP contribution in [0.5, 0.6) is 0 Å². The Morgan fingerprint density at radius 3 is 2.31 bits per heavy atom. The molecule has 180 valence electrons. The number of piperazine rings is 1. The number of nitrogens with one attached hydrogen (secondary N) is 2. The van der Waals surface area contributed by atoms with Crippen molar-refractivity contribution in [2.24, 2.45) is 0 Å². The number of hydrogen-bond donors (Lipinski definition) is 2. The molecule has 0 unspecified atom stereocenters. The summed E-state index contributed by atoms with van der Waals surface area (Å²) in [5.74, 6) is 0.904. The van der Waals surface area contributed by atoms with Crippen LogP contribution in [0.2, 0.25) is 0 Å². The molecule has 1 aliphatic heterocycles. The molecule has 1 fully saturated rings. The summed E-state index contributed by atoms with van der Waals surface area (Å²) in [5.41, 5.74) is 1.51. The second-order valence-corrected chi connectivity index (χ2v) is 9.41. The molecule has 35 heavy (non-hydrogen) atoms. The van der Waals surface area contributed by atoms with Gasteiger partial charge in [-0.25, -0.2) is 9.97 Å². The van der Waals surface area contributed by atoms with E-state index in [0.29, 0.717) is 29.2 Å². The molecule has 0 atom stereocenters. The van der Waals surface area contributed by atoms with E-state index in [-0.39, 0.29) is 11.8 Å². The fourth-order valence-electron chi connectivity index (χ4n) is 3.46. The van der Waals surface area contributed by atoms with Gasteiger partial charge in [0.2, 0.25) is 11.9 Å². The quantitative estimate of drug-likeness (QED) is 0.466. The Hall–Kier alpha value is -3.57. The van der Waals surface area contributed by atoms with Crippen molar-refractivity contribution in [2.75, 3.05) is 47.5 Å². The van der Waals surface area contributed by atoms with E-state index in [0.717, 1.165) is 36.4 Å². The van der Waals surface area contributed by atoms with E-state index < -0.39 is 0 Å². The average molecular weight is 508 g/mol. The highest BCUT2D eigenvalue weighted by molar-refractivity contribution is 8.22. The summed E-state index contributed by atoms with van der Waals surface area (Å²) in [4.78, 5) is 41.6. The Balaban J connectivity index is 1.18. The summed E-state index contributed by atoms with van der Waals surface area (Å²) in [6, 6.07) is 14.0. The zero-order valence-electron chi connectivity index (χ0n) is 19.0. The van der Waals surface area contributed by atoms with Crippen LogP contribution in [0, 0.1) is 0 Å². The number of pyridine rings is 1. The lowest BCUT2D eigenvalue weighted by molar-refractivity contribution is -0.115. The normalized spacial score (nSPS) is 13.3. The fourth-order valence-corrected chi connectivity index (χ4v) is 4.72. The first-order valence-corrected chi connectivity index (χ1v) is 12.5. The lowest BCUT2D eigenvalue weighted by Crippen LogP contribution is -2.48. The van der Waals surface area contributed by atoms with Crippen molar-refractivity contribution in [3.05, 3.63) is 72.8 Å². The van der Waals surface area contributed by atoms with E-state index in [1.54, 1.807) is 67.1 Å². The smallest absolute Gasteiger partial charge is 0.274 e. The first-order chi connectivity index (χ1) is 17.1. The van der Waals surface area contributed by atoms with Crippen molar-refractivity contribution in [3.63, 3.8) is 0 Å². The maximum absolute atomic E-state index is 12.4. The molecule has 2 aromatic heterocycles. The number of thiocarbonyl (C=S) groups is 1. The monoisotopic (exact) mass is 507 g/mol. The maximum Gasteiger partial charge on any atom is 0.274 e. The average Bonchev–Trinajstić information content (AvgIpc) is 2.90. The Morgan fingerprint density at radius 1 is 0.886 bits per heavy atom. The van der Waals surface area contributed by atoms with Gasteiger partial charge in [-0.15, -0.1) is 0 Å². The second-order valence-electron chi connectivity index (χ2n) is 7.69. The highest BCUT2D eigenvalue weighted by Crippen LogP contribution is 2.18. The molecule has 1 aliphatic rings. The highest BCUT2D eigenvalue weighted by Gasteiger charge is 2.20. The third kappa shape index (κ3) is 7.20. The predicted molar refractivity (Wildman–Crippen MR) is 143 cm³/mol. The van der Waals surface area contributed by atoms with E-state index >= 15 is 0 Å². The molecule has 2 N–H and O–H groups in total. The zero-order chi connectivity index (χ0) is 24.5. The fraction of sp³-hybridized carbons (Fsp3) is 0.250. The van der Waals surface area contributed by atoms with Crippen molar-refractivity contribution in [3.8, 4) is 0 Å². The predicted octanol–water partition coefficient (Wildman–Crippen LogP) is 3.29. The van der Waals surface area contributed by atoms with Gasteiger partial charge >= 0.3 is 0 Å². The van der Waals surface area contributed by atoms with E-state index in [2.05, 4.69) is 35.4 Å². The van der Waals surface area contributed by atoms with Crippen molar-refractivity contribution in [1.82, 2.24) is 19.9 Å². The van der Waals surface area contributed by atoms with E-state index in [9.17, 15) is 9.59 Å². The van der Waals surface area contributed by atoms with Gasteiger partial charge in [0.15, 0.2) is 0 Å². The van der Waals surface area contributed by atoms with E-state index in [4.69, 9.17) is 12.2 Å².